The molecule has 0 saturated heterocycles. The van der Waals surface area contributed by atoms with Crippen molar-refractivity contribution in [2.24, 2.45) is 5.92 Å². The number of ether oxygens (including phenoxy) is 2. The molecule has 0 radical (unpaired) electrons. The predicted molar refractivity (Wildman–Crippen MR) is 96.6 cm³/mol. The van der Waals surface area contributed by atoms with Gasteiger partial charge in [0.25, 0.3) is 0 Å². The minimum absolute atomic E-state index is 0.0331. The summed E-state index contributed by atoms with van der Waals surface area (Å²) in [6.07, 6.45) is 5.01. The molecule has 1 unspecified atom stereocenters. The quantitative estimate of drug-likeness (QED) is 0.705. The number of nitrogens with zero attached hydrogens (tertiary/aromatic N) is 1. The highest BCUT2D eigenvalue weighted by Gasteiger charge is 2.31. The van der Waals surface area contributed by atoms with Crippen molar-refractivity contribution in [2.45, 2.75) is 45.6 Å². The van der Waals surface area contributed by atoms with E-state index in [-0.39, 0.29) is 11.9 Å². The Balaban J connectivity index is 2.33. The highest BCUT2D eigenvalue weighted by Crippen LogP contribution is 2.39. The lowest BCUT2D eigenvalue weighted by molar-refractivity contribution is -0.134. The van der Waals surface area contributed by atoms with Crippen LogP contribution in [0.5, 0.6) is 11.5 Å². The highest BCUT2D eigenvalue weighted by molar-refractivity contribution is 5.77. The van der Waals surface area contributed by atoms with Crippen molar-refractivity contribution < 1.29 is 14.3 Å². The highest BCUT2D eigenvalue weighted by atomic mass is 16.5. The number of hydrogen-bond acceptors (Lipinski definition) is 3. The van der Waals surface area contributed by atoms with Gasteiger partial charge in [-0.15, -0.1) is 6.58 Å². The molecule has 24 heavy (non-hydrogen) atoms. The lowest BCUT2D eigenvalue weighted by Gasteiger charge is -2.37. The molecule has 132 valence electrons. The van der Waals surface area contributed by atoms with Gasteiger partial charge in [0.1, 0.15) is 0 Å². The van der Waals surface area contributed by atoms with Crippen LogP contribution in [0.15, 0.2) is 24.8 Å². The number of fused-ring (bicyclic) bond motifs is 1. The molecule has 0 N–H and O–H groups in total. The number of carbonyl (C=O) groups excluding carboxylic acids is 1. The second-order valence-electron chi connectivity index (χ2n) is 6.72. The van der Waals surface area contributed by atoms with Gasteiger partial charge in [-0.05, 0) is 48.4 Å². The second-order valence-corrected chi connectivity index (χ2v) is 6.72. The molecule has 0 spiro atoms. The first-order valence-corrected chi connectivity index (χ1v) is 8.67. The summed E-state index contributed by atoms with van der Waals surface area (Å²) in [6.45, 7) is 8.93. The van der Waals surface area contributed by atoms with Gasteiger partial charge in [0, 0.05) is 13.0 Å². The van der Waals surface area contributed by atoms with Crippen molar-refractivity contribution in [3.05, 3.63) is 35.9 Å². The lowest BCUT2D eigenvalue weighted by Crippen LogP contribution is -2.40. The van der Waals surface area contributed by atoms with Crippen molar-refractivity contribution >= 4 is 5.91 Å². The lowest BCUT2D eigenvalue weighted by atomic mass is 9.89. The average molecular weight is 331 g/mol. The molecule has 0 aliphatic carbocycles. The summed E-state index contributed by atoms with van der Waals surface area (Å²) < 4.78 is 10.9. The Hall–Kier alpha value is -1.97. The maximum Gasteiger partial charge on any atom is 0.223 e. The van der Waals surface area contributed by atoms with Crippen LogP contribution in [0.1, 0.15) is 50.3 Å². The minimum atomic E-state index is 0.0331. The first-order valence-electron chi connectivity index (χ1n) is 8.67. The van der Waals surface area contributed by atoms with Gasteiger partial charge in [-0.25, -0.2) is 0 Å². The van der Waals surface area contributed by atoms with Crippen LogP contribution in [0.3, 0.4) is 0 Å². The van der Waals surface area contributed by atoms with Crippen LogP contribution in [0.25, 0.3) is 0 Å². The summed E-state index contributed by atoms with van der Waals surface area (Å²) in [5.41, 5.74) is 2.38. The summed E-state index contributed by atoms with van der Waals surface area (Å²) in [5, 5.41) is 0. The SMILES string of the molecule is C=CCC1c2cc(OC)c(OC)cc2CCN1C(=O)CCC(C)C. The largest absolute Gasteiger partial charge is 0.493 e. The summed E-state index contributed by atoms with van der Waals surface area (Å²) in [6, 6.07) is 4.09. The fourth-order valence-corrected chi connectivity index (χ4v) is 3.29. The van der Waals surface area contributed by atoms with Gasteiger partial charge in [-0.2, -0.15) is 0 Å². The third-order valence-electron chi connectivity index (χ3n) is 4.65. The Bertz CT molecular complexity index is 595. The van der Waals surface area contributed by atoms with E-state index in [1.165, 1.54) is 5.56 Å². The van der Waals surface area contributed by atoms with E-state index in [2.05, 4.69) is 20.4 Å². The number of hydrogen-bond donors (Lipinski definition) is 0. The zero-order valence-electron chi connectivity index (χ0n) is 15.3. The van der Waals surface area contributed by atoms with Crippen molar-refractivity contribution in [2.75, 3.05) is 20.8 Å². The van der Waals surface area contributed by atoms with Crippen LogP contribution in [-0.2, 0) is 11.2 Å². The zero-order chi connectivity index (χ0) is 17.7. The van der Waals surface area contributed by atoms with Gasteiger partial charge in [-0.3, -0.25) is 4.79 Å². The summed E-state index contributed by atoms with van der Waals surface area (Å²) in [4.78, 5) is 14.7. The minimum Gasteiger partial charge on any atom is -0.493 e. The molecule has 0 bridgehead atoms. The van der Waals surface area contributed by atoms with Crippen LogP contribution in [0.4, 0.5) is 0 Å². The normalized spacial score (nSPS) is 16.7. The number of amides is 1. The van der Waals surface area contributed by atoms with Crippen LogP contribution in [-0.4, -0.2) is 31.6 Å². The van der Waals surface area contributed by atoms with E-state index in [0.717, 1.165) is 37.1 Å². The molecule has 1 aromatic carbocycles. The molecule has 1 aliphatic heterocycles. The van der Waals surface area contributed by atoms with E-state index in [4.69, 9.17) is 9.47 Å². The average Bonchev–Trinajstić information content (AvgIpc) is 2.58. The van der Waals surface area contributed by atoms with Crippen molar-refractivity contribution in [3.8, 4) is 11.5 Å². The Morgan fingerprint density at radius 1 is 1.33 bits per heavy atom. The van der Waals surface area contributed by atoms with E-state index in [1.807, 2.05) is 23.1 Å². The molecular formula is C20H29NO3. The number of rotatable bonds is 7. The fraction of sp³-hybridized carbons (Fsp3) is 0.550. The standard InChI is InChI=1S/C20H29NO3/c1-6-7-17-16-13-19(24-5)18(23-4)12-15(16)10-11-21(17)20(22)9-8-14(2)3/h6,12-14,17H,1,7-11H2,2-5H3. The fourth-order valence-electron chi connectivity index (χ4n) is 3.29. The molecule has 1 amide bonds. The van der Waals surface area contributed by atoms with Gasteiger partial charge in [-0.1, -0.05) is 19.9 Å². The number of carbonyl (C=O) groups is 1. The first-order chi connectivity index (χ1) is 11.5. The van der Waals surface area contributed by atoms with Crippen LogP contribution in [0, 0.1) is 5.92 Å². The molecule has 1 heterocycles. The third-order valence-corrected chi connectivity index (χ3v) is 4.65. The van der Waals surface area contributed by atoms with Crippen molar-refractivity contribution in [3.63, 3.8) is 0 Å². The van der Waals surface area contributed by atoms with Gasteiger partial charge >= 0.3 is 0 Å². The van der Waals surface area contributed by atoms with Gasteiger partial charge in [0.05, 0.1) is 20.3 Å². The molecule has 1 atom stereocenters. The third kappa shape index (κ3) is 3.92. The van der Waals surface area contributed by atoms with E-state index in [1.54, 1.807) is 14.2 Å². The van der Waals surface area contributed by atoms with E-state index >= 15 is 0 Å². The predicted octanol–water partition coefficient (Wildman–Crippen LogP) is 4.14. The topological polar surface area (TPSA) is 38.8 Å². The molecule has 0 fully saturated rings. The van der Waals surface area contributed by atoms with E-state index in [0.29, 0.717) is 18.1 Å². The molecular weight excluding hydrogens is 302 g/mol. The first kappa shape index (κ1) is 18.4. The molecule has 0 aromatic heterocycles. The van der Waals surface area contributed by atoms with Gasteiger partial charge < -0.3 is 14.4 Å². The summed E-state index contributed by atoms with van der Waals surface area (Å²) in [7, 11) is 3.29. The summed E-state index contributed by atoms with van der Waals surface area (Å²) in [5.74, 6) is 2.22. The smallest absolute Gasteiger partial charge is 0.223 e. The van der Waals surface area contributed by atoms with Crippen molar-refractivity contribution in [1.29, 1.82) is 0 Å². The molecule has 1 aliphatic rings. The maximum atomic E-state index is 12.7. The van der Waals surface area contributed by atoms with Crippen LogP contribution < -0.4 is 9.47 Å². The molecule has 4 heteroatoms. The molecule has 2 rings (SSSR count). The molecule has 4 nitrogen and oxygen atoms in total. The molecule has 1 aromatic rings. The zero-order valence-corrected chi connectivity index (χ0v) is 15.3. The Labute approximate surface area is 145 Å². The van der Waals surface area contributed by atoms with Crippen molar-refractivity contribution in [1.82, 2.24) is 4.90 Å². The monoisotopic (exact) mass is 331 g/mol. The second kappa shape index (κ2) is 8.22. The number of benzene rings is 1. The van der Waals surface area contributed by atoms with Gasteiger partial charge in [0.15, 0.2) is 11.5 Å². The van der Waals surface area contributed by atoms with E-state index < -0.39 is 0 Å². The summed E-state index contributed by atoms with van der Waals surface area (Å²) >= 11 is 0. The van der Waals surface area contributed by atoms with Gasteiger partial charge in [0.2, 0.25) is 5.91 Å². The van der Waals surface area contributed by atoms with Crippen LogP contribution in [0.2, 0.25) is 0 Å². The van der Waals surface area contributed by atoms with Crippen LogP contribution >= 0.6 is 0 Å². The van der Waals surface area contributed by atoms with E-state index in [9.17, 15) is 4.79 Å². The Kier molecular flexibility index (Phi) is 6.29. The molecule has 0 saturated carbocycles. The Morgan fingerprint density at radius 3 is 2.58 bits per heavy atom. The Morgan fingerprint density at radius 2 is 2.00 bits per heavy atom. The maximum absolute atomic E-state index is 12.7. The number of methoxy groups -OCH3 is 2.